The Kier molecular flexibility index (Phi) is 7.61. The predicted molar refractivity (Wildman–Crippen MR) is 50.1 cm³/mol. The Morgan fingerprint density at radius 3 is 1.85 bits per heavy atom. The van der Waals surface area contributed by atoms with Crippen molar-refractivity contribution in [3.8, 4) is 0 Å². The zero-order valence-electron chi connectivity index (χ0n) is 7.94. The summed E-state index contributed by atoms with van der Waals surface area (Å²) in [7, 11) is -2.87. The molecule has 3 N–H and O–H groups in total. The summed E-state index contributed by atoms with van der Waals surface area (Å²) in [6, 6.07) is 0. The first kappa shape index (κ1) is 14.7. The topological polar surface area (TPSA) is 86.6 Å². The number of hydrogen-bond acceptors (Lipinski definition) is 2. The summed E-state index contributed by atoms with van der Waals surface area (Å²) in [6.45, 7) is 9.11. The highest BCUT2D eigenvalue weighted by atomic mass is 31.1. The molecular weight excluding hydrogens is 193 g/mol. The number of hydrogen-bond donors (Lipinski definition) is 3. The lowest BCUT2D eigenvalue weighted by Crippen LogP contribution is -2.39. The van der Waals surface area contributed by atoms with Crippen molar-refractivity contribution in [3.63, 3.8) is 0 Å². The van der Waals surface area contributed by atoms with E-state index in [4.69, 9.17) is 14.4 Å². The Bertz CT molecular complexity index is 193. The number of rotatable bonds is 1. The Morgan fingerprint density at radius 1 is 1.46 bits per heavy atom. The van der Waals surface area contributed by atoms with Crippen LogP contribution in [0.4, 0.5) is 0 Å². The minimum absolute atomic E-state index is 0.123. The van der Waals surface area contributed by atoms with Gasteiger partial charge in [0, 0.05) is 10.1 Å². The fourth-order valence-electron chi connectivity index (χ4n) is 0.421. The van der Waals surface area contributed by atoms with Gasteiger partial charge in [0.1, 0.15) is 0 Å². The summed E-state index contributed by atoms with van der Waals surface area (Å²) in [5, 5.41) is 2.71. The van der Waals surface area contributed by atoms with E-state index < -0.39 is 8.25 Å². The lowest BCUT2D eigenvalue weighted by atomic mass is 10.1. The van der Waals surface area contributed by atoms with Crippen LogP contribution >= 0.6 is 8.25 Å². The van der Waals surface area contributed by atoms with Gasteiger partial charge in [-0.25, -0.2) is 0 Å². The summed E-state index contributed by atoms with van der Waals surface area (Å²) in [5.74, 6) is -0.123. The SMILES string of the molecule is C=CC(=O)NC(C)(C)C.O=[P+](O)O. The number of carbonyl (C=O) groups excluding carboxylic acids is 1. The van der Waals surface area contributed by atoms with Crippen molar-refractivity contribution < 1.29 is 19.1 Å². The summed E-state index contributed by atoms with van der Waals surface area (Å²) < 4.78 is 8.70. The highest BCUT2D eigenvalue weighted by Crippen LogP contribution is 1.98. The van der Waals surface area contributed by atoms with Gasteiger partial charge in [-0.2, -0.15) is 0 Å². The van der Waals surface area contributed by atoms with Gasteiger partial charge in [0.15, 0.2) is 0 Å². The van der Waals surface area contributed by atoms with Gasteiger partial charge in [-0.15, -0.1) is 9.79 Å². The van der Waals surface area contributed by atoms with Crippen LogP contribution in [-0.4, -0.2) is 21.2 Å². The van der Waals surface area contributed by atoms with Crippen LogP contribution in [0, 0.1) is 0 Å². The molecule has 0 saturated carbocycles. The third-order valence-corrected chi connectivity index (χ3v) is 0.684. The van der Waals surface area contributed by atoms with E-state index in [9.17, 15) is 4.79 Å². The van der Waals surface area contributed by atoms with E-state index in [0.29, 0.717) is 0 Å². The molecule has 0 aromatic heterocycles. The third-order valence-electron chi connectivity index (χ3n) is 0.684. The van der Waals surface area contributed by atoms with E-state index in [1.54, 1.807) is 0 Å². The zero-order chi connectivity index (χ0) is 11.1. The van der Waals surface area contributed by atoms with Crippen LogP contribution in [0.15, 0.2) is 12.7 Å². The fraction of sp³-hybridized carbons (Fsp3) is 0.571. The van der Waals surface area contributed by atoms with Crippen molar-refractivity contribution >= 4 is 14.2 Å². The lowest BCUT2D eigenvalue weighted by molar-refractivity contribution is -0.117. The molecule has 0 fully saturated rings. The highest BCUT2D eigenvalue weighted by molar-refractivity contribution is 7.30. The average molecular weight is 208 g/mol. The van der Waals surface area contributed by atoms with Gasteiger partial charge >= 0.3 is 8.25 Å². The maximum atomic E-state index is 10.6. The molecule has 0 aliphatic heterocycles. The van der Waals surface area contributed by atoms with Gasteiger partial charge in [0.2, 0.25) is 5.91 Å². The minimum Gasteiger partial charge on any atom is -0.348 e. The van der Waals surface area contributed by atoms with E-state index in [0.717, 1.165) is 0 Å². The maximum Gasteiger partial charge on any atom is 0.692 e. The van der Waals surface area contributed by atoms with Crippen LogP contribution in [0.25, 0.3) is 0 Å². The van der Waals surface area contributed by atoms with Crippen molar-refractivity contribution in [2.75, 3.05) is 0 Å². The standard InChI is InChI=1S/C7H13NO.HO3P/c1-5-6(9)8-7(2,3)4;1-4(2)3/h5H,1H2,2-4H3,(H,8,9);(H-,1,2,3)/p+1. The molecule has 0 rings (SSSR count). The molecule has 0 spiro atoms. The smallest absolute Gasteiger partial charge is 0.348 e. The largest absolute Gasteiger partial charge is 0.692 e. The Morgan fingerprint density at radius 2 is 1.77 bits per heavy atom. The van der Waals surface area contributed by atoms with Crippen molar-refractivity contribution in [2.24, 2.45) is 0 Å². The molecule has 5 nitrogen and oxygen atoms in total. The van der Waals surface area contributed by atoms with Crippen LogP contribution in [-0.2, 0) is 9.36 Å². The maximum absolute atomic E-state index is 10.6. The molecule has 0 aromatic rings. The van der Waals surface area contributed by atoms with E-state index >= 15 is 0 Å². The van der Waals surface area contributed by atoms with E-state index in [1.807, 2.05) is 20.8 Å². The normalized spacial score (nSPS) is 9.31. The van der Waals surface area contributed by atoms with Crippen molar-refractivity contribution in [2.45, 2.75) is 26.3 Å². The molecule has 0 aliphatic rings. The molecule has 0 bridgehead atoms. The molecule has 0 unspecified atom stereocenters. The molecule has 0 aromatic carbocycles. The molecule has 0 aliphatic carbocycles. The first-order valence-corrected chi connectivity index (χ1v) is 4.65. The van der Waals surface area contributed by atoms with Gasteiger partial charge in [0.05, 0.1) is 0 Å². The van der Waals surface area contributed by atoms with Gasteiger partial charge < -0.3 is 5.32 Å². The molecule has 0 atom stereocenters. The number of carbonyl (C=O) groups is 1. The van der Waals surface area contributed by atoms with E-state index in [1.165, 1.54) is 6.08 Å². The van der Waals surface area contributed by atoms with Crippen molar-refractivity contribution in [1.82, 2.24) is 5.32 Å². The van der Waals surface area contributed by atoms with Gasteiger partial charge in [-0.3, -0.25) is 4.79 Å². The monoisotopic (exact) mass is 208 g/mol. The van der Waals surface area contributed by atoms with Crippen molar-refractivity contribution in [3.05, 3.63) is 12.7 Å². The molecule has 1 amide bonds. The molecule has 13 heavy (non-hydrogen) atoms. The first-order valence-electron chi connectivity index (χ1n) is 3.48. The van der Waals surface area contributed by atoms with E-state index in [2.05, 4.69) is 11.9 Å². The van der Waals surface area contributed by atoms with Crippen LogP contribution < -0.4 is 5.32 Å². The highest BCUT2D eigenvalue weighted by Gasteiger charge is 2.10. The summed E-state index contributed by atoms with van der Waals surface area (Å²) in [5.41, 5.74) is -0.148. The van der Waals surface area contributed by atoms with Gasteiger partial charge in [0.25, 0.3) is 0 Å². The Hall–Kier alpha value is -0.770. The van der Waals surface area contributed by atoms with Crippen LogP contribution in [0.3, 0.4) is 0 Å². The lowest BCUT2D eigenvalue weighted by Gasteiger charge is -2.18. The second kappa shape index (κ2) is 6.71. The van der Waals surface area contributed by atoms with Crippen LogP contribution in [0.2, 0.25) is 0 Å². The molecule has 76 valence electrons. The minimum atomic E-state index is -2.87. The molecular formula is C7H15NO4P+. The number of nitrogens with one attached hydrogen (secondary N) is 1. The van der Waals surface area contributed by atoms with Gasteiger partial charge in [-0.05, 0) is 26.8 Å². The second-order valence-corrected chi connectivity index (χ2v) is 3.70. The molecule has 0 saturated heterocycles. The zero-order valence-corrected chi connectivity index (χ0v) is 8.84. The quantitative estimate of drug-likeness (QED) is 0.437. The fourth-order valence-corrected chi connectivity index (χ4v) is 0.421. The summed E-state index contributed by atoms with van der Waals surface area (Å²) in [6.07, 6.45) is 1.27. The summed E-state index contributed by atoms with van der Waals surface area (Å²) in [4.78, 5) is 24.8. The van der Waals surface area contributed by atoms with Crippen LogP contribution in [0.5, 0.6) is 0 Å². The van der Waals surface area contributed by atoms with Crippen LogP contribution in [0.1, 0.15) is 20.8 Å². The third kappa shape index (κ3) is 24.6. The average Bonchev–Trinajstić information content (AvgIpc) is 1.82. The summed E-state index contributed by atoms with van der Waals surface area (Å²) >= 11 is 0. The second-order valence-electron chi connectivity index (χ2n) is 3.20. The number of amides is 1. The Labute approximate surface area is 78.4 Å². The van der Waals surface area contributed by atoms with Crippen molar-refractivity contribution in [1.29, 1.82) is 0 Å². The molecule has 0 heterocycles. The predicted octanol–water partition coefficient (Wildman–Crippen LogP) is 0.715. The van der Waals surface area contributed by atoms with E-state index in [-0.39, 0.29) is 11.4 Å². The Balaban J connectivity index is 0. The van der Waals surface area contributed by atoms with Gasteiger partial charge in [-0.1, -0.05) is 6.58 Å². The molecule has 0 radical (unpaired) electrons. The molecule has 6 heteroatoms. The first-order chi connectivity index (χ1) is 5.69.